The molecule has 0 aliphatic heterocycles. The molecular weight excluding hydrogens is 184 g/mol. The number of nitrogens with one attached hydrogen (secondary N) is 1. The van der Waals surface area contributed by atoms with Crippen molar-refractivity contribution in [3.63, 3.8) is 0 Å². The summed E-state index contributed by atoms with van der Waals surface area (Å²) in [5.74, 6) is -0.699. The first-order chi connectivity index (χ1) is 6.68. The fraction of sp³-hybridized carbons (Fsp3) is 0.333. The Labute approximate surface area is 81.4 Å². The van der Waals surface area contributed by atoms with Gasteiger partial charge in [0.05, 0.1) is 18.3 Å². The van der Waals surface area contributed by atoms with Crippen LogP contribution in [0.2, 0.25) is 0 Å². The van der Waals surface area contributed by atoms with Gasteiger partial charge in [-0.25, -0.2) is 0 Å². The molecule has 14 heavy (non-hydrogen) atoms. The van der Waals surface area contributed by atoms with Gasteiger partial charge in [-0.3, -0.25) is 9.78 Å². The van der Waals surface area contributed by atoms with Crippen molar-refractivity contribution >= 4 is 5.97 Å². The first-order valence-electron chi connectivity index (χ1n) is 4.25. The van der Waals surface area contributed by atoms with Gasteiger partial charge >= 0.3 is 5.97 Å². The smallest absolute Gasteiger partial charge is 0.304 e. The molecule has 0 unspecified atom stereocenters. The van der Waals surface area contributed by atoms with Crippen LogP contribution in [-0.4, -0.2) is 27.7 Å². The monoisotopic (exact) mass is 196 g/mol. The largest absolute Gasteiger partial charge is 0.506 e. The molecule has 0 fully saturated rings. The van der Waals surface area contributed by atoms with E-state index in [4.69, 9.17) is 10.2 Å². The SMILES string of the molecule is O=C(O)CCNCc1ccc(O)cn1. The average Bonchev–Trinajstić information content (AvgIpc) is 2.15. The molecule has 1 aromatic rings. The van der Waals surface area contributed by atoms with Gasteiger partial charge in [-0.15, -0.1) is 0 Å². The maximum Gasteiger partial charge on any atom is 0.304 e. The third-order valence-corrected chi connectivity index (χ3v) is 1.63. The van der Waals surface area contributed by atoms with Gasteiger partial charge in [0, 0.05) is 13.1 Å². The standard InChI is InChI=1S/C9H12N2O3/c12-8-2-1-7(11-6-8)5-10-4-3-9(13)14/h1-2,6,10,12H,3-5H2,(H,13,14). The Balaban J connectivity index is 2.25. The van der Waals surface area contributed by atoms with E-state index in [0.29, 0.717) is 13.1 Å². The molecule has 0 saturated heterocycles. The molecule has 0 aromatic carbocycles. The van der Waals surface area contributed by atoms with Crippen LogP contribution < -0.4 is 5.32 Å². The van der Waals surface area contributed by atoms with Gasteiger partial charge in [0.1, 0.15) is 5.75 Å². The van der Waals surface area contributed by atoms with Crippen LogP contribution in [0.4, 0.5) is 0 Å². The van der Waals surface area contributed by atoms with E-state index in [-0.39, 0.29) is 12.2 Å². The van der Waals surface area contributed by atoms with E-state index in [1.54, 1.807) is 12.1 Å². The molecule has 5 nitrogen and oxygen atoms in total. The number of carboxylic acid groups (broad SMARTS) is 1. The number of aromatic hydroxyl groups is 1. The number of nitrogens with zero attached hydrogens (tertiary/aromatic N) is 1. The van der Waals surface area contributed by atoms with Crippen molar-refractivity contribution in [3.05, 3.63) is 24.0 Å². The topological polar surface area (TPSA) is 82.5 Å². The summed E-state index contributed by atoms with van der Waals surface area (Å²) < 4.78 is 0. The van der Waals surface area contributed by atoms with E-state index < -0.39 is 5.97 Å². The average molecular weight is 196 g/mol. The first kappa shape index (κ1) is 10.5. The van der Waals surface area contributed by atoms with Gasteiger partial charge in [0.25, 0.3) is 0 Å². The second-order valence-electron chi connectivity index (χ2n) is 2.83. The van der Waals surface area contributed by atoms with Crippen molar-refractivity contribution in [3.8, 4) is 5.75 Å². The number of rotatable bonds is 5. The third kappa shape index (κ3) is 3.86. The Morgan fingerprint density at radius 3 is 2.86 bits per heavy atom. The molecule has 0 saturated carbocycles. The maximum atomic E-state index is 10.2. The lowest BCUT2D eigenvalue weighted by Gasteiger charge is -2.01. The number of carbonyl (C=O) groups is 1. The molecule has 1 heterocycles. The van der Waals surface area contributed by atoms with Crippen LogP contribution >= 0.6 is 0 Å². The molecule has 0 spiro atoms. The summed E-state index contributed by atoms with van der Waals surface area (Å²) in [4.78, 5) is 14.1. The lowest BCUT2D eigenvalue weighted by atomic mass is 10.3. The van der Waals surface area contributed by atoms with Gasteiger partial charge in [0.2, 0.25) is 0 Å². The summed E-state index contributed by atoms with van der Waals surface area (Å²) in [5, 5.41) is 20.2. The summed E-state index contributed by atoms with van der Waals surface area (Å²) in [6, 6.07) is 3.23. The van der Waals surface area contributed by atoms with Crippen molar-refractivity contribution < 1.29 is 15.0 Å². The fourth-order valence-electron chi connectivity index (χ4n) is 0.933. The van der Waals surface area contributed by atoms with Crippen LogP contribution in [-0.2, 0) is 11.3 Å². The Morgan fingerprint density at radius 2 is 2.29 bits per heavy atom. The molecule has 5 heteroatoms. The van der Waals surface area contributed by atoms with E-state index >= 15 is 0 Å². The molecule has 0 amide bonds. The summed E-state index contributed by atoms with van der Waals surface area (Å²) in [7, 11) is 0. The highest BCUT2D eigenvalue weighted by Gasteiger charge is 1.97. The van der Waals surface area contributed by atoms with E-state index in [1.165, 1.54) is 6.20 Å². The lowest BCUT2D eigenvalue weighted by Crippen LogP contribution is -2.18. The quantitative estimate of drug-likeness (QED) is 0.592. The molecule has 0 atom stereocenters. The van der Waals surface area contributed by atoms with Gasteiger partial charge in [-0.2, -0.15) is 0 Å². The molecule has 0 aliphatic rings. The summed E-state index contributed by atoms with van der Waals surface area (Å²) in [5.41, 5.74) is 0.771. The zero-order valence-corrected chi connectivity index (χ0v) is 7.60. The Morgan fingerprint density at radius 1 is 1.50 bits per heavy atom. The van der Waals surface area contributed by atoms with Crippen molar-refractivity contribution in [2.75, 3.05) is 6.54 Å². The number of pyridine rings is 1. The number of hydrogen-bond acceptors (Lipinski definition) is 4. The molecular formula is C9H12N2O3. The van der Waals surface area contributed by atoms with E-state index in [9.17, 15) is 4.79 Å². The van der Waals surface area contributed by atoms with Gasteiger partial charge < -0.3 is 15.5 Å². The van der Waals surface area contributed by atoms with Crippen molar-refractivity contribution in [1.29, 1.82) is 0 Å². The number of carboxylic acids is 1. The highest BCUT2D eigenvalue weighted by molar-refractivity contribution is 5.66. The molecule has 76 valence electrons. The molecule has 1 rings (SSSR count). The van der Waals surface area contributed by atoms with Crippen LogP contribution in [0.25, 0.3) is 0 Å². The fourth-order valence-corrected chi connectivity index (χ4v) is 0.933. The number of hydrogen-bond donors (Lipinski definition) is 3. The predicted molar refractivity (Wildman–Crippen MR) is 49.9 cm³/mol. The van der Waals surface area contributed by atoms with E-state index in [2.05, 4.69) is 10.3 Å². The second-order valence-corrected chi connectivity index (χ2v) is 2.83. The van der Waals surface area contributed by atoms with E-state index in [0.717, 1.165) is 5.69 Å². The summed E-state index contributed by atoms with van der Waals surface area (Å²) in [6.07, 6.45) is 1.45. The first-order valence-corrected chi connectivity index (χ1v) is 4.25. The van der Waals surface area contributed by atoms with Gasteiger partial charge in [0.15, 0.2) is 0 Å². The highest BCUT2D eigenvalue weighted by atomic mass is 16.4. The molecule has 3 N–H and O–H groups in total. The van der Waals surface area contributed by atoms with Crippen molar-refractivity contribution in [1.82, 2.24) is 10.3 Å². The van der Waals surface area contributed by atoms with Gasteiger partial charge in [-0.1, -0.05) is 0 Å². The Kier molecular flexibility index (Phi) is 3.87. The Hall–Kier alpha value is -1.62. The number of aliphatic carboxylic acids is 1. The molecule has 0 aliphatic carbocycles. The maximum absolute atomic E-state index is 10.2. The zero-order valence-electron chi connectivity index (χ0n) is 7.60. The van der Waals surface area contributed by atoms with E-state index in [1.807, 2.05) is 0 Å². The van der Waals surface area contributed by atoms with Crippen molar-refractivity contribution in [2.24, 2.45) is 0 Å². The van der Waals surface area contributed by atoms with Crippen LogP contribution in [0.1, 0.15) is 12.1 Å². The third-order valence-electron chi connectivity index (χ3n) is 1.63. The minimum atomic E-state index is -0.823. The van der Waals surface area contributed by atoms with Crippen LogP contribution in [0, 0.1) is 0 Å². The number of aromatic nitrogens is 1. The molecule has 0 radical (unpaired) electrons. The zero-order chi connectivity index (χ0) is 10.4. The van der Waals surface area contributed by atoms with Crippen molar-refractivity contribution in [2.45, 2.75) is 13.0 Å². The summed E-state index contributed by atoms with van der Waals surface area (Å²) >= 11 is 0. The second kappa shape index (κ2) is 5.18. The van der Waals surface area contributed by atoms with Crippen LogP contribution in [0.5, 0.6) is 5.75 Å². The highest BCUT2D eigenvalue weighted by Crippen LogP contribution is 2.05. The van der Waals surface area contributed by atoms with Crippen LogP contribution in [0.3, 0.4) is 0 Å². The lowest BCUT2D eigenvalue weighted by molar-refractivity contribution is -0.136. The normalized spacial score (nSPS) is 10.0. The minimum absolute atomic E-state index is 0.0953. The molecule has 0 bridgehead atoms. The van der Waals surface area contributed by atoms with Gasteiger partial charge in [-0.05, 0) is 12.1 Å². The van der Waals surface area contributed by atoms with Crippen LogP contribution in [0.15, 0.2) is 18.3 Å². The Bertz CT molecular complexity index is 297. The summed E-state index contributed by atoms with van der Waals surface area (Å²) in [6.45, 7) is 0.922. The minimum Gasteiger partial charge on any atom is -0.506 e. The predicted octanol–water partition coefficient (Wildman–Crippen LogP) is 0.352. The molecule has 1 aromatic heterocycles.